The number of hydrogen-bond acceptors (Lipinski definition) is 5. The highest BCUT2D eigenvalue weighted by molar-refractivity contribution is 7.16. The first-order valence-corrected chi connectivity index (χ1v) is 10.5. The molecule has 6 heteroatoms. The molecule has 3 aromatic rings. The number of hydrogen-bond donors (Lipinski definition) is 1. The lowest BCUT2D eigenvalue weighted by Crippen LogP contribution is -2.37. The number of pyridine rings is 1. The topological polar surface area (TPSA) is 58.4 Å². The SMILES string of the molecule is Cc1cc(C(c2cccnc2)N2CCC(C)CC2)c(NC(=O)c2ccco2)s1. The molecule has 1 N–H and O–H groups in total. The zero-order valence-electron chi connectivity index (χ0n) is 16.2. The lowest BCUT2D eigenvalue weighted by Gasteiger charge is -2.37. The molecule has 1 aliphatic rings. The Morgan fingerprint density at radius 1 is 1.32 bits per heavy atom. The number of thiophene rings is 1. The fourth-order valence-corrected chi connectivity index (χ4v) is 4.76. The Morgan fingerprint density at radius 3 is 2.82 bits per heavy atom. The van der Waals surface area contributed by atoms with E-state index in [0.717, 1.165) is 35.1 Å². The van der Waals surface area contributed by atoms with Crippen molar-refractivity contribution >= 4 is 22.2 Å². The molecule has 3 aromatic heterocycles. The van der Waals surface area contributed by atoms with Crippen molar-refractivity contribution in [3.05, 3.63) is 70.8 Å². The van der Waals surface area contributed by atoms with Crippen LogP contribution in [0.4, 0.5) is 5.00 Å². The van der Waals surface area contributed by atoms with Crippen molar-refractivity contribution in [1.82, 2.24) is 9.88 Å². The van der Waals surface area contributed by atoms with E-state index in [-0.39, 0.29) is 11.9 Å². The molecule has 1 amide bonds. The summed E-state index contributed by atoms with van der Waals surface area (Å²) in [6.45, 7) is 6.48. The zero-order chi connectivity index (χ0) is 19.5. The molecule has 1 aliphatic heterocycles. The van der Waals surface area contributed by atoms with E-state index in [2.05, 4.69) is 41.2 Å². The monoisotopic (exact) mass is 395 g/mol. The summed E-state index contributed by atoms with van der Waals surface area (Å²) in [5.74, 6) is 0.861. The number of carbonyl (C=O) groups excluding carboxylic acids is 1. The average molecular weight is 396 g/mol. The highest BCUT2D eigenvalue weighted by Crippen LogP contribution is 2.40. The third kappa shape index (κ3) is 4.03. The van der Waals surface area contributed by atoms with E-state index in [1.807, 2.05) is 12.3 Å². The molecule has 4 rings (SSSR count). The van der Waals surface area contributed by atoms with Gasteiger partial charge in [-0.15, -0.1) is 11.3 Å². The Morgan fingerprint density at radius 2 is 2.14 bits per heavy atom. The van der Waals surface area contributed by atoms with Gasteiger partial charge in [-0.2, -0.15) is 0 Å². The summed E-state index contributed by atoms with van der Waals surface area (Å²) >= 11 is 1.61. The van der Waals surface area contributed by atoms with Crippen LogP contribution < -0.4 is 5.32 Å². The number of rotatable bonds is 5. The number of aryl methyl sites for hydroxylation is 1. The number of furan rings is 1. The van der Waals surface area contributed by atoms with Crippen LogP contribution in [0.3, 0.4) is 0 Å². The Labute approximate surface area is 169 Å². The highest BCUT2D eigenvalue weighted by atomic mass is 32.1. The second kappa shape index (κ2) is 8.29. The maximum atomic E-state index is 12.6. The van der Waals surface area contributed by atoms with Gasteiger partial charge in [-0.3, -0.25) is 14.7 Å². The van der Waals surface area contributed by atoms with Crippen molar-refractivity contribution < 1.29 is 9.21 Å². The molecule has 0 bridgehead atoms. The molecule has 146 valence electrons. The van der Waals surface area contributed by atoms with Crippen molar-refractivity contribution in [3.8, 4) is 0 Å². The van der Waals surface area contributed by atoms with Gasteiger partial charge in [0.25, 0.3) is 5.91 Å². The number of amides is 1. The number of likely N-dealkylation sites (tertiary alicyclic amines) is 1. The third-order valence-electron chi connectivity index (χ3n) is 5.33. The lowest BCUT2D eigenvalue weighted by atomic mass is 9.93. The van der Waals surface area contributed by atoms with E-state index in [9.17, 15) is 4.79 Å². The van der Waals surface area contributed by atoms with Crippen LogP contribution in [-0.4, -0.2) is 28.9 Å². The van der Waals surface area contributed by atoms with Gasteiger partial charge in [-0.1, -0.05) is 13.0 Å². The van der Waals surface area contributed by atoms with Crippen LogP contribution in [-0.2, 0) is 0 Å². The highest BCUT2D eigenvalue weighted by Gasteiger charge is 2.29. The lowest BCUT2D eigenvalue weighted by molar-refractivity contribution is 0.0996. The number of nitrogens with zero attached hydrogens (tertiary/aromatic N) is 2. The van der Waals surface area contributed by atoms with Crippen molar-refractivity contribution in [2.24, 2.45) is 5.92 Å². The van der Waals surface area contributed by atoms with E-state index in [4.69, 9.17) is 4.42 Å². The zero-order valence-corrected chi connectivity index (χ0v) is 17.0. The van der Waals surface area contributed by atoms with Gasteiger partial charge in [0.15, 0.2) is 5.76 Å². The van der Waals surface area contributed by atoms with Crippen LogP contribution in [0.5, 0.6) is 0 Å². The number of carbonyl (C=O) groups is 1. The number of anilines is 1. The van der Waals surface area contributed by atoms with Crippen LogP contribution in [0.2, 0.25) is 0 Å². The van der Waals surface area contributed by atoms with E-state index in [1.165, 1.54) is 24.0 Å². The Kier molecular flexibility index (Phi) is 5.59. The molecule has 0 aliphatic carbocycles. The molecule has 1 unspecified atom stereocenters. The molecule has 0 saturated carbocycles. The van der Waals surface area contributed by atoms with Crippen LogP contribution >= 0.6 is 11.3 Å². The predicted octanol–water partition coefficient (Wildman–Crippen LogP) is 5.12. The minimum atomic E-state index is -0.217. The Bertz CT molecular complexity index is 913. The Balaban J connectivity index is 1.69. The van der Waals surface area contributed by atoms with Gasteiger partial charge in [-0.05, 0) is 68.6 Å². The van der Waals surface area contributed by atoms with E-state index >= 15 is 0 Å². The second-order valence-electron chi connectivity index (χ2n) is 7.48. The molecule has 4 heterocycles. The summed E-state index contributed by atoms with van der Waals surface area (Å²) in [6, 6.07) is 9.79. The quantitative estimate of drug-likeness (QED) is 0.651. The molecule has 0 radical (unpaired) electrons. The fraction of sp³-hybridized carbons (Fsp3) is 0.364. The first kappa shape index (κ1) is 18.9. The summed E-state index contributed by atoms with van der Waals surface area (Å²) in [5.41, 5.74) is 2.29. The molecular weight excluding hydrogens is 370 g/mol. The van der Waals surface area contributed by atoms with E-state index in [0.29, 0.717) is 5.76 Å². The second-order valence-corrected chi connectivity index (χ2v) is 8.74. The van der Waals surface area contributed by atoms with Gasteiger partial charge < -0.3 is 9.73 Å². The fourth-order valence-electron chi connectivity index (χ4n) is 3.82. The standard InChI is InChI=1S/C22H25N3O2S/c1-15-7-10-25(11-8-15)20(17-5-3-9-23-14-17)18-13-16(2)28-22(18)24-21(26)19-6-4-12-27-19/h3-6,9,12-15,20H,7-8,10-11H2,1-2H3,(H,24,26). The first-order valence-electron chi connectivity index (χ1n) is 9.71. The summed E-state index contributed by atoms with van der Waals surface area (Å²) in [5, 5.41) is 3.95. The number of piperidine rings is 1. The van der Waals surface area contributed by atoms with Crippen LogP contribution in [0.15, 0.2) is 53.4 Å². The molecule has 28 heavy (non-hydrogen) atoms. The largest absolute Gasteiger partial charge is 0.459 e. The van der Waals surface area contributed by atoms with Gasteiger partial charge >= 0.3 is 0 Å². The van der Waals surface area contributed by atoms with Gasteiger partial charge in [0, 0.05) is 22.8 Å². The van der Waals surface area contributed by atoms with Gasteiger partial charge in [0.1, 0.15) is 5.00 Å². The maximum absolute atomic E-state index is 12.6. The first-order chi connectivity index (χ1) is 13.6. The van der Waals surface area contributed by atoms with Gasteiger partial charge in [0.2, 0.25) is 0 Å². The summed E-state index contributed by atoms with van der Waals surface area (Å²) in [6.07, 6.45) is 7.63. The minimum absolute atomic E-state index is 0.0815. The summed E-state index contributed by atoms with van der Waals surface area (Å²) in [4.78, 5) is 20.6. The van der Waals surface area contributed by atoms with Gasteiger partial charge in [0.05, 0.1) is 12.3 Å². The molecular formula is C22H25N3O2S. The minimum Gasteiger partial charge on any atom is -0.459 e. The van der Waals surface area contributed by atoms with Gasteiger partial charge in [-0.25, -0.2) is 0 Å². The summed E-state index contributed by atoms with van der Waals surface area (Å²) in [7, 11) is 0. The Hall–Kier alpha value is -2.44. The smallest absolute Gasteiger partial charge is 0.291 e. The number of nitrogens with one attached hydrogen (secondary N) is 1. The molecule has 1 saturated heterocycles. The maximum Gasteiger partial charge on any atom is 0.291 e. The molecule has 0 spiro atoms. The third-order valence-corrected chi connectivity index (χ3v) is 6.32. The van der Waals surface area contributed by atoms with Crippen molar-refractivity contribution in [3.63, 3.8) is 0 Å². The van der Waals surface area contributed by atoms with Crippen LogP contribution in [0, 0.1) is 12.8 Å². The molecule has 5 nitrogen and oxygen atoms in total. The van der Waals surface area contributed by atoms with Crippen LogP contribution in [0.25, 0.3) is 0 Å². The molecule has 1 atom stereocenters. The number of aromatic nitrogens is 1. The predicted molar refractivity (Wildman–Crippen MR) is 112 cm³/mol. The normalized spacial score (nSPS) is 16.8. The van der Waals surface area contributed by atoms with Crippen molar-refractivity contribution in [2.45, 2.75) is 32.7 Å². The van der Waals surface area contributed by atoms with Crippen LogP contribution in [0.1, 0.15) is 52.4 Å². The summed E-state index contributed by atoms with van der Waals surface area (Å²) < 4.78 is 5.26. The van der Waals surface area contributed by atoms with Crippen molar-refractivity contribution in [1.29, 1.82) is 0 Å². The average Bonchev–Trinajstić information content (AvgIpc) is 3.35. The molecule has 0 aromatic carbocycles. The van der Waals surface area contributed by atoms with E-state index in [1.54, 1.807) is 29.7 Å². The molecule has 1 fully saturated rings. The van der Waals surface area contributed by atoms with E-state index < -0.39 is 0 Å². The van der Waals surface area contributed by atoms with Crippen molar-refractivity contribution in [2.75, 3.05) is 18.4 Å².